The molecule has 158 valence electrons. The molecule has 32 heavy (non-hydrogen) atoms. The summed E-state index contributed by atoms with van der Waals surface area (Å²) in [4.78, 5) is 22.3. The highest BCUT2D eigenvalue weighted by atomic mass is 32.1. The summed E-state index contributed by atoms with van der Waals surface area (Å²) < 4.78 is 20.3. The highest BCUT2D eigenvalue weighted by molar-refractivity contribution is 7.22. The van der Waals surface area contributed by atoms with Crippen LogP contribution in [0.1, 0.15) is 15.9 Å². The van der Waals surface area contributed by atoms with Crippen molar-refractivity contribution in [3.63, 3.8) is 0 Å². The van der Waals surface area contributed by atoms with Crippen LogP contribution in [-0.4, -0.2) is 29.2 Å². The van der Waals surface area contributed by atoms with Gasteiger partial charge in [0.2, 0.25) is 5.13 Å². The molecule has 3 aromatic carbocycles. The number of carbonyl (C=O) groups excluding carboxylic acids is 1. The van der Waals surface area contributed by atoms with Crippen molar-refractivity contribution < 1.29 is 13.9 Å². The number of thiazole rings is 2. The van der Waals surface area contributed by atoms with Gasteiger partial charge in [-0.25, -0.2) is 14.4 Å². The number of aromatic nitrogens is 2. The van der Waals surface area contributed by atoms with Gasteiger partial charge in [0.05, 0.1) is 39.3 Å². The molecule has 5 rings (SSSR count). The van der Waals surface area contributed by atoms with Gasteiger partial charge in [-0.15, -0.1) is 11.3 Å². The Morgan fingerprint density at radius 3 is 2.69 bits per heavy atom. The number of hydrazone groups is 1. The quantitative estimate of drug-likeness (QED) is 0.247. The van der Waals surface area contributed by atoms with E-state index in [0.29, 0.717) is 22.0 Å². The summed E-state index contributed by atoms with van der Waals surface area (Å²) in [6.45, 7) is 0. The topological polar surface area (TPSA) is 67.7 Å². The molecular weight excluding hydrogens is 447 g/mol. The maximum Gasteiger partial charge on any atom is 0.280 e. The Kier molecular flexibility index (Phi) is 5.34. The van der Waals surface area contributed by atoms with Crippen LogP contribution in [0, 0.1) is 5.82 Å². The zero-order valence-electron chi connectivity index (χ0n) is 16.7. The lowest BCUT2D eigenvalue weighted by molar-refractivity contribution is 0.0988. The number of anilines is 1. The van der Waals surface area contributed by atoms with Gasteiger partial charge in [-0.3, -0.25) is 4.79 Å². The number of rotatable bonds is 5. The normalized spacial score (nSPS) is 11.4. The van der Waals surface area contributed by atoms with Gasteiger partial charge in [0, 0.05) is 5.56 Å². The van der Waals surface area contributed by atoms with Crippen LogP contribution >= 0.6 is 22.7 Å². The van der Waals surface area contributed by atoms with Crippen molar-refractivity contribution in [3.05, 3.63) is 83.1 Å². The zero-order valence-corrected chi connectivity index (χ0v) is 18.4. The van der Waals surface area contributed by atoms with Gasteiger partial charge >= 0.3 is 0 Å². The van der Waals surface area contributed by atoms with Crippen LogP contribution < -0.4 is 9.75 Å². The predicted molar refractivity (Wildman–Crippen MR) is 127 cm³/mol. The number of fused-ring (bicyclic) bond motifs is 2. The van der Waals surface area contributed by atoms with Gasteiger partial charge in [0.15, 0.2) is 0 Å². The van der Waals surface area contributed by atoms with Crippen molar-refractivity contribution in [1.82, 2.24) is 9.97 Å². The van der Waals surface area contributed by atoms with Crippen LogP contribution in [0.25, 0.3) is 20.4 Å². The molecule has 0 bridgehead atoms. The Balaban J connectivity index is 1.57. The van der Waals surface area contributed by atoms with E-state index in [0.717, 1.165) is 20.4 Å². The largest absolute Gasteiger partial charge is 0.497 e. The van der Waals surface area contributed by atoms with E-state index in [2.05, 4.69) is 15.1 Å². The lowest BCUT2D eigenvalue weighted by Crippen LogP contribution is -2.25. The maximum absolute atomic E-state index is 13.5. The first-order valence-corrected chi connectivity index (χ1v) is 11.2. The van der Waals surface area contributed by atoms with Gasteiger partial charge in [-0.05, 0) is 54.1 Å². The van der Waals surface area contributed by atoms with Crippen LogP contribution in [-0.2, 0) is 0 Å². The molecule has 0 aliphatic heterocycles. The summed E-state index contributed by atoms with van der Waals surface area (Å²) in [5, 5.41) is 6.10. The van der Waals surface area contributed by atoms with Gasteiger partial charge in [-0.1, -0.05) is 23.5 Å². The second kappa shape index (κ2) is 8.45. The molecule has 0 aliphatic carbocycles. The molecular formula is C23H15FN4O2S2. The highest BCUT2D eigenvalue weighted by Crippen LogP contribution is 2.33. The molecule has 5 aromatic rings. The number of methoxy groups -OCH3 is 1. The van der Waals surface area contributed by atoms with E-state index in [1.165, 1.54) is 46.0 Å². The molecule has 0 fully saturated rings. The van der Waals surface area contributed by atoms with E-state index in [-0.39, 0.29) is 11.7 Å². The minimum absolute atomic E-state index is 0.329. The summed E-state index contributed by atoms with van der Waals surface area (Å²) in [7, 11) is 1.60. The minimum atomic E-state index is -0.340. The number of nitrogens with zero attached hydrogens (tertiary/aromatic N) is 4. The van der Waals surface area contributed by atoms with E-state index in [1.54, 1.807) is 36.9 Å². The van der Waals surface area contributed by atoms with Crippen LogP contribution in [0.3, 0.4) is 0 Å². The van der Waals surface area contributed by atoms with E-state index >= 15 is 0 Å². The van der Waals surface area contributed by atoms with E-state index in [4.69, 9.17) is 4.74 Å². The standard InChI is InChI=1S/C23H15FN4O2S2/c1-30-17-7-9-19-21(11-17)32-23(27-19)28(26-12-14-2-5-16(24)6-3-14)22(29)15-4-8-18-20(10-15)31-13-25-18/h2-13H,1H3/b26-12+. The number of hydrogen-bond acceptors (Lipinski definition) is 7. The van der Waals surface area contributed by atoms with Crippen molar-refractivity contribution in [3.8, 4) is 5.75 Å². The maximum atomic E-state index is 13.5. The van der Waals surface area contributed by atoms with Crippen LogP contribution in [0.5, 0.6) is 5.75 Å². The average Bonchev–Trinajstić information content (AvgIpc) is 3.46. The molecule has 0 atom stereocenters. The number of amides is 1. The third kappa shape index (κ3) is 3.95. The van der Waals surface area contributed by atoms with E-state index < -0.39 is 0 Å². The van der Waals surface area contributed by atoms with Gasteiger partial charge in [0.1, 0.15) is 11.6 Å². The van der Waals surface area contributed by atoms with Crippen LogP contribution in [0.2, 0.25) is 0 Å². The van der Waals surface area contributed by atoms with Crippen molar-refractivity contribution in [2.45, 2.75) is 0 Å². The molecule has 0 radical (unpaired) electrons. The van der Waals surface area contributed by atoms with E-state index in [1.807, 2.05) is 24.3 Å². The molecule has 0 saturated carbocycles. The Morgan fingerprint density at radius 1 is 1.06 bits per heavy atom. The second-order valence-electron chi connectivity index (χ2n) is 6.78. The van der Waals surface area contributed by atoms with Crippen molar-refractivity contribution in [1.29, 1.82) is 0 Å². The first kappa shape index (κ1) is 20.2. The van der Waals surface area contributed by atoms with Gasteiger partial charge in [0.25, 0.3) is 5.91 Å². The molecule has 6 nitrogen and oxygen atoms in total. The fourth-order valence-corrected chi connectivity index (χ4v) is 4.75. The van der Waals surface area contributed by atoms with Gasteiger partial charge in [-0.2, -0.15) is 10.1 Å². The molecule has 0 unspecified atom stereocenters. The first-order valence-electron chi connectivity index (χ1n) is 9.52. The second-order valence-corrected chi connectivity index (χ2v) is 8.67. The summed E-state index contributed by atoms with van der Waals surface area (Å²) in [5.74, 6) is 0.0359. The number of halogens is 1. The first-order chi connectivity index (χ1) is 15.6. The van der Waals surface area contributed by atoms with Crippen LogP contribution in [0.4, 0.5) is 9.52 Å². The number of ether oxygens (including phenoxy) is 1. The van der Waals surface area contributed by atoms with Crippen LogP contribution in [0.15, 0.2) is 71.3 Å². The molecule has 9 heteroatoms. The average molecular weight is 463 g/mol. The Hall–Kier alpha value is -3.69. The smallest absolute Gasteiger partial charge is 0.280 e. The number of carbonyl (C=O) groups is 1. The Morgan fingerprint density at radius 2 is 1.88 bits per heavy atom. The Bertz CT molecular complexity index is 1460. The fraction of sp³-hybridized carbons (Fsp3) is 0.0435. The van der Waals surface area contributed by atoms with Gasteiger partial charge < -0.3 is 4.74 Å². The predicted octanol–water partition coefficient (Wildman–Crippen LogP) is 5.73. The number of benzene rings is 3. The molecule has 0 spiro atoms. The Labute approximate surface area is 190 Å². The number of hydrogen-bond donors (Lipinski definition) is 0. The molecule has 0 N–H and O–H groups in total. The lowest BCUT2D eigenvalue weighted by atomic mass is 10.2. The zero-order chi connectivity index (χ0) is 22.1. The molecule has 1 amide bonds. The lowest BCUT2D eigenvalue weighted by Gasteiger charge is -2.14. The van der Waals surface area contributed by atoms with E-state index in [9.17, 15) is 9.18 Å². The summed E-state index contributed by atoms with van der Waals surface area (Å²) in [6, 6.07) is 16.7. The van der Waals surface area contributed by atoms with Crippen molar-refractivity contribution >= 4 is 60.4 Å². The third-order valence-corrected chi connectivity index (χ3v) is 6.51. The van der Waals surface area contributed by atoms with Crippen molar-refractivity contribution in [2.75, 3.05) is 12.1 Å². The van der Waals surface area contributed by atoms with Crippen molar-refractivity contribution in [2.24, 2.45) is 5.10 Å². The molecule has 2 heterocycles. The molecule has 2 aromatic heterocycles. The molecule has 0 aliphatic rings. The molecule has 0 saturated heterocycles. The minimum Gasteiger partial charge on any atom is -0.497 e. The summed E-state index contributed by atoms with van der Waals surface area (Å²) >= 11 is 2.79. The fourth-order valence-electron chi connectivity index (χ4n) is 3.08. The summed E-state index contributed by atoms with van der Waals surface area (Å²) in [5.41, 5.74) is 4.43. The SMILES string of the molecule is COc1ccc2nc(N(/N=C/c3ccc(F)cc3)C(=O)c3ccc4ncsc4c3)sc2c1. The summed E-state index contributed by atoms with van der Waals surface area (Å²) in [6.07, 6.45) is 1.51. The monoisotopic (exact) mass is 462 g/mol. The third-order valence-electron chi connectivity index (χ3n) is 4.73. The highest BCUT2D eigenvalue weighted by Gasteiger charge is 2.22.